The fraction of sp³-hybridized carbons (Fsp3) is 0.0952. The highest BCUT2D eigenvalue weighted by molar-refractivity contribution is 7.92. The number of amides is 1. The van der Waals surface area contributed by atoms with Gasteiger partial charge in [0.1, 0.15) is 0 Å². The number of rotatable bonds is 5. The fourth-order valence-electron chi connectivity index (χ4n) is 3.14. The Labute approximate surface area is 163 Å². The Kier molecular flexibility index (Phi) is 4.52. The summed E-state index contributed by atoms with van der Waals surface area (Å²) in [6.07, 6.45) is 0.217. The van der Waals surface area contributed by atoms with Crippen LogP contribution in [0.3, 0.4) is 0 Å². The van der Waals surface area contributed by atoms with E-state index in [1.54, 1.807) is 43.4 Å². The molecule has 0 aromatic heterocycles. The van der Waals surface area contributed by atoms with Crippen LogP contribution in [0.2, 0.25) is 0 Å². The molecule has 0 aliphatic carbocycles. The van der Waals surface area contributed by atoms with Crippen molar-refractivity contribution < 1.29 is 13.2 Å². The van der Waals surface area contributed by atoms with Crippen LogP contribution in [0.5, 0.6) is 0 Å². The Balaban J connectivity index is 1.51. The normalized spacial score (nSPS) is 13.3. The van der Waals surface area contributed by atoms with E-state index in [0.29, 0.717) is 5.69 Å². The van der Waals surface area contributed by atoms with Crippen LogP contribution in [0.4, 0.5) is 22.7 Å². The lowest BCUT2D eigenvalue weighted by molar-refractivity contribution is -0.117. The Bertz CT molecular complexity index is 1130. The molecule has 0 atom stereocenters. The van der Waals surface area contributed by atoms with E-state index in [9.17, 15) is 13.2 Å². The number of anilines is 4. The summed E-state index contributed by atoms with van der Waals surface area (Å²) in [7, 11) is -2.06. The van der Waals surface area contributed by atoms with Gasteiger partial charge in [0.05, 0.1) is 11.3 Å². The standard InChI is InChI=1S/C21H19N3O3S/c1-24-20-12-11-19(13-15(20)14-21(24)25)28(26,27)23-18-9-7-17(8-10-18)22-16-5-3-2-4-6-16/h2-13,22-23H,14H2,1H3. The molecule has 1 amide bonds. The lowest BCUT2D eigenvalue weighted by atomic mass is 10.2. The van der Waals surface area contributed by atoms with E-state index >= 15 is 0 Å². The van der Waals surface area contributed by atoms with Crippen molar-refractivity contribution in [1.82, 2.24) is 0 Å². The highest BCUT2D eigenvalue weighted by atomic mass is 32.2. The van der Waals surface area contributed by atoms with Gasteiger partial charge in [-0.15, -0.1) is 0 Å². The van der Waals surface area contributed by atoms with Gasteiger partial charge in [0.2, 0.25) is 5.91 Å². The minimum atomic E-state index is -3.74. The molecule has 0 bridgehead atoms. The Hall–Kier alpha value is -3.32. The van der Waals surface area contributed by atoms with Crippen molar-refractivity contribution >= 4 is 38.7 Å². The highest BCUT2D eigenvalue weighted by Gasteiger charge is 2.26. The van der Waals surface area contributed by atoms with Crippen molar-refractivity contribution in [3.8, 4) is 0 Å². The second-order valence-corrected chi connectivity index (χ2v) is 8.28. The molecule has 1 aliphatic rings. The zero-order chi connectivity index (χ0) is 19.7. The maximum absolute atomic E-state index is 12.7. The van der Waals surface area contributed by atoms with Gasteiger partial charge in [-0.2, -0.15) is 0 Å². The number of carbonyl (C=O) groups excluding carboxylic acids is 1. The number of benzene rings is 3. The SMILES string of the molecule is CN1C(=O)Cc2cc(S(=O)(=O)Nc3ccc(Nc4ccccc4)cc3)ccc21. The van der Waals surface area contributed by atoms with Crippen LogP contribution in [-0.2, 0) is 21.2 Å². The van der Waals surface area contributed by atoms with Crippen LogP contribution >= 0.6 is 0 Å². The van der Waals surface area contributed by atoms with Crippen molar-refractivity contribution in [2.75, 3.05) is 22.0 Å². The number of sulfonamides is 1. The van der Waals surface area contributed by atoms with Gasteiger partial charge in [0.15, 0.2) is 0 Å². The topological polar surface area (TPSA) is 78.5 Å². The minimum absolute atomic E-state index is 0.0426. The van der Waals surface area contributed by atoms with Crippen molar-refractivity contribution in [2.45, 2.75) is 11.3 Å². The quantitative estimate of drug-likeness (QED) is 0.692. The molecule has 0 spiro atoms. The van der Waals surface area contributed by atoms with Gasteiger partial charge < -0.3 is 10.2 Å². The molecule has 7 heteroatoms. The maximum Gasteiger partial charge on any atom is 0.261 e. The first-order valence-electron chi connectivity index (χ1n) is 8.77. The van der Waals surface area contributed by atoms with E-state index in [-0.39, 0.29) is 17.2 Å². The summed E-state index contributed by atoms with van der Waals surface area (Å²) in [6, 6.07) is 21.5. The molecule has 1 aliphatic heterocycles. The van der Waals surface area contributed by atoms with E-state index in [1.165, 1.54) is 11.0 Å². The predicted octanol–water partition coefficient (Wildman–Crippen LogP) is 3.75. The number of hydrogen-bond donors (Lipinski definition) is 2. The second-order valence-electron chi connectivity index (χ2n) is 6.59. The molecular weight excluding hydrogens is 374 g/mol. The van der Waals surface area contributed by atoms with Gasteiger partial charge in [0, 0.05) is 29.8 Å². The molecule has 0 unspecified atom stereocenters. The molecule has 6 nitrogen and oxygen atoms in total. The molecule has 3 aromatic rings. The molecule has 4 rings (SSSR count). The molecule has 0 saturated heterocycles. The molecular formula is C21H19N3O3S. The zero-order valence-electron chi connectivity index (χ0n) is 15.2. The van der Waals surface area contributed by atoms with Crippen LogP contribution in [0.25, 0.3) is 0 Å². The molecule has 28 heavy (non-hydrogen) atoms. The zero-order valence-corrected chi connectivity index (χ0v) is 16.0. The molecule has 142 valence electrons. The molecule has 0 fully saturated rings. The number of carbonyl (C=O) groups is 1. The highest BCUT2D eigenvalue weighted by Crippen LogP contribution is 2.30. The predicted molar refractivity (Wildman–Crippen MR) is 111 cm³/mol. The van der Waals surface area contributed by atoms with Crippen molar-refractivity contribution in [3.05, 3.63) is 78.4 Å². The van der Waals surface area contributed by atoms with Gasteiger partial charge in [-0.1, -0.05) is 18.2 Å². The summed E-state index contributed by atoms with van der Waals surface area (Å²) in [5, 5.41) is 3.25. The number of para-hydroxylation sites is 1. The maximum atomic E-state index is 12.7. The first-order valence-corrected chi connectivity index (χ1v) is 10.3. The average Bonchev–Trinajstić information content (AvgIpc) is 2.97. The summed E-state index contributed by atoms with van der Waals surface area (Å²) in [6.45, 7) is 0. The summed E-state index contributed by atoms with van der Waals surface area (Å²) >= 11 is 0. The number of fused-ring (bicyclic) bond motifs is 1. The Morgan fingerprint density at radius 1 is 0.857 bits per heavy atom. The van der Waals surface area contributed by atoms with Crippen LogP contribution in [-0.4, -0.2) is 21.4 Å². The number of hydrogen-bond acceptors (Lipinski definition) is 4. The van der Waals surface area contributed by atoms with Crippen molar-refractivity contribution in [1.29, 1.82) is 0 Å². The second kappa shape index (κ2) is 7.01. The number of likely N-dealkylation sites (N-methyl/N-ethyl adjacent to an activating group) is 1. The minimum Gasteiger partial charge on any atom is -0.356 e. The van der Waals surface area contributed by atoms with E-state index in [0.717, 1.165) is 22.6 Å². The van der Waals surface area contributed by atoms with Crippen LogP contribution in [0, 0.1) is 0 Å². The van der Waals surface area contributed by atoms with E-state index in [1.807, 2.05) is 30.3 Å². The van der Waals surface area contributed by atoms with E-state index in [4.69, 9.17) is 0 Å². The molecule has 3 aromatic carbocycles. The van der Waals surface area contributed by atoms with Gasteiger partial charge in [0.25, 0.3) is 10.0 Å². The summed E-state index contributed by atoms with van der Waals surface area (Å²) in [5.41, 5.74) is 3.74. The Morgan fingerprint density at radius 2 is 1.50 bits per heavy atom. The molecule has 0 radical (unpaired) electrons. The van der Waals surface area contributed by atoms with Crippen LogP contribution < -0.4 is 14.9 Å². The first kappa shape index (κ1) is 18.1. The van der Waals surface area contributed by atoms with E-state index in [2.05, 4.69) is 10.0 Å². The largest absolute Gasteiger partial charge is 0.356 e. The smallest absolute Gasteiger partial charge is 0.261 e. The average molecular weight is 393 g/mol. The first-order chi connectivity index (χ1) is 13.4. The molecule has 1 heterocycles. The van der Waals surface area contributed by atoms with Gasteiger partial charge in [-0.3, -0.25) is 9.52 Å². The third-order valence-electron chi connectivity index (χ3n) is 4.64. The lowest BCUT2D eigenvalue weighted by Crippen LogP contribution is -2.20. The molecule has 0 saturated carbocycles. The van der Waals surface area contributed by atoms with Gasteiger partial charge in [-0.05, 0) is 60.2 Å². The van der Waals surface area contributed by atoms with Gasteiger partial charge in [-0.25, -0.2) is 8.42 Å². The third kappa shape index (κ3) is 3.57. The summed E-state index contributed by atoms with van der Waals surface area (Å²) < 4.78 is 28.0. The fourth-order valence-corrected chi connectivity index (χ4v) is 4.25. The van der Waals surface area contributed by atoms with Crippen molar-refractivity contribution in [3.63, 3.8) is 0 Å². The number of nitrogens with zero attached hydrogens (tertiary/aromatic N) is 1. The third-order valence-corrected chi connectivity index (χ3v) is 6.02. The van der Waals surface area contributed by atoms with E-state index < -0.39 is 10.0 Å². The summed E-state index contributed by atoms with van der Waals surface area (Å²) in [4.78, 5) is 13.5. The lowest BCUT2D eigenvalue weighted by Gasteiger charge is -2.12. The molecule has 2 N–H and O–H groups in total. The van der Waals surface area contributed by atoms with Gasteiger partial charge >= 0.3 is 0 Å². The number of nitrogens with one attached hydrogen (secondary N) is 2. The van der Waals surface area contributed by atoms with Crippen molar-refractivity contribution in [2.24, 2.45) is 0 Å². The Morgan fingerprint density at radius 3 is 2.21 bits per heavy atom. The monoisotopic (exact) mass is 393 g/mol. The van der Waals surface area contributed by atoms with Crippen LogP contribution in [0.1, 0.15) is 5.56 Å². The van der Waals surface area contributed by atoms with Crippen LogP contribution in [0.15, 0.2) is 77.7 Å². The summed E-state index contributed by atoms with van der Waals surface area (Å²) in [5.74, 6) is -0.0426.